The van der Waals surface area contributed by atoms with E-state index >= 15 is 0 Å². The first-order valence-electron chi connectivity index (χ1n) is 9.86. The number of halogens is 1. The lowest BCUT2D eigenvalue weighted by atomic mass is 9.97. The summed E-state index contributed by atoms with van der Waals surface area (Å²) in [5.41, 5.74) is 2.58. The highest BCUT2D eigenvalue weighted by atomic mass is 35.5. The number of aliphatic carboxylic acids is 2. The zero-order chi connectivity index (χ0) is 23.7. The molecule has 1 aliphatic rings. The topological polar surface area (TPSA) is 147 Å². The standard InChI is InChI=1S/C22H18ClN5O5/c1-11-26-27-18-10-24-20(13-4-2-3-5-15(13)23)14-8-12(6-7-17(14)28(11)18)21(31)25-16(22(32)33)9-19(29)30/h2-8,16H,9-10H2,1H3,(H,25,31)(H,29,30)(H,32,33)/t16-/m0/s1. The molecule has 33 heavy (non-hydrogen) atoms. The Morgan fingerprint density at radius 3 is 2.58 bits per heavy atom. The molecule has 0 radical (unpaired) electrons. The number of aryl methyl sites for hydroxylation is 1. The van der Waals surface area contributed by atoms with Gasteiger partial charge in [-0.1, -0.05) is 29.8 Å². The smallest absolute Gasteiger partial charge is 0.326 e. The minimum atomic E-state index is -1.57. The summed E-state index contributed by atoms with van der Waals surface area (Å²) in [4.78, 5) is 39.8. The molecule has 0 unspecified atom stereocenters. The van der Waals surface area contributed by atoms with Gasteiger partial charge in [-0.05, 0) is 31.2 Å². The zero-order valence-electron chi connectivity index (χ0n) is 17.3. The Bertz CT molecular complexity index is 1320. The van der Waals surface area contributed by atoms with Crippen molar-refractivity contribution in [3.8, 4) is 5.69 Å². The summed E-state index contributed by atoms with van der Waals surface area (Å²) in [5, 5.41) is 29.2. The fraction of sp³-hybridized carbons (Fsp3) is 0.182. The van der Waals surface area contributed by atoms with E-state index in [-0.39, 0.29) is 12.1 Å². The van der Waals surface area contributed by atoms with Gasteiger partial charge in [-0.15, -0.1) is 10.2 Å². The molecule has 3 N–H and O–H groups in total. The molecule has 0 spiro atoms. The van der Waals surface area contributed by atoms with Crippen LogP contribution in [0.15, 0.2) is 47.5 Å². The van der Waals surface area contributed by atoms with Crippen LogP contribution >= 0.6 is 11.6 Å². The van der Waals surface area contributed by atoms with Crippen molar-refractivity contribution in [3.63, 3.8) is 0 Å². The number of carboxylic acid groups (broad SMARTS) is 2. The van der Waals surface area contributed by atoms with Gasteiger partial charge in [0.15, 0.2) is 5.82 Å². The molecule has 0 saturated carbocycles. The number of benzene rings is 2. The lowest BCUT2D eigenvalue weighted by Gasteiger charge is -2.16. The fourth-order valence-corrected chi connectivity index (χ4v) is 3.84. The number of aliphatic imine (C=N–C) groups is 1. The third-order valence-corrected chi connectivity index (χ3v) is 5.47. The van der Waals surface area contributed by atoms with Crippen LogP contribution in [0.1, 0.15) is 39.6 Å². The first-order valence-corrected chi connectivity index (χ1v) is 10.2. The molecule has 4 rings (SSSR count). The molecule has 0 fully saturated rings. The number of rotatable bonds is 6. The molecule has 2 aromatic carbocycles. The Balaban J connectivity index is 1.82. The van der Waals surface area contributed by atoms with Gasteiger partial charge in [0.25, 0.3) is 5.91 Å². The van der Waals surface area contributed by atoms with E-state index in [0.29, 0.717) is 39.2 Å². The number of hydrogen-bond donors (Lipinski definition) is 3. The molecule has 0 aliphatic carbocycles. The van der Waals surface area contributed by atoms with Crippen LogP contribution < -0.4 is 5.32 Å². The van der Waals surface area contributed by atoms with Crippen LogP contribution in [0.3, 0.4) is 0 Å². The van der Waals surface area contributed by atoms with Gasteiger partial charge in [-0.2, -0.15) is 0 Å². The van der Waals surface area contributed by atoms with Crippen molar-refractivity contribution in [2.75, 3.05) is 0 Å². The van der Waals surface area contributed by atoms with E-state index in [1.807, 2.05) is 16.7 Å². The minimum absolute atomic E-state index is 0.138. The Hall–Kier alpha value is -4.05. The van der Waals surface area contributed by atoms with Crippen LogP contribution in [-0.2, 0) is 16.1 Å². The predicted molar refractivity (Wildman–Crippen MR) is 118 cm³/mol. The Morgan fingerprint density at radius 1 is 1.12 bits per heavy atom. The summed E-state index contributed by atoms with van der Waals surface area (Å²) in [6, 6.07) is 10.4. The van der Waals surface area contributed by atoms with Gasteiger partial charge in [0.05, 0.1) is 17.8 Å². The molecule has 1 atom stereocenters. The van der Waals surface area contributed by atoms with Crippen molar-refractivity contribution < 1.29 is 24.6 Å². The number of fused-ring (bicyclic) bond motifs is 3. The summed E-state index contributed by atoms with van der Waals surface area (Å²) >= 11 is 6.43. The maximum atomic E-state index is 12.8. The molecular weight excluding hydrogens is 450 g/mol. The normalized spacial score (nSPS) is 13.2. The van der Waals surface area contributed by atoms with Crippen LogP contribution in [0, 0.1) is 6.92 Å². The minimum Gasteiger partial charge on any atom is -0.481 e. The van der Waals surface area contributed by atoms with Crippen molar-refractivity contribution in [2.45, 2.75) is 25.9 Å². The van der Waals surface area contributed by atoms with Crippen LogP contribution in [0.2, 0.25) is 5.02 Å². The van der Waals surface area contributed by atoms with Gasteiger partial charge in [0.2, 0.25) is 0 Å². The molecule has 0 saturated heterocycles. The highest BCUT2D eigenvalue weighted by Gasteiger charge is 2.26. The first-order chi connectivity index (χ1) is 15.8. The predicted octanol–water partition coefficient (Wildman–Crippen LogP) is 2.24. The fourth-order valence-electron chi connectivity index (χ4n) is 3.62. The van der Waals surface area contributed by atoms with Crippen LogP contribution in [0.4, 0.5) is 0 Å². The van der Waals surface area contributed by atoms with Crippen molar-refractivity contribution in [3.05, 3.63) is 75.8 Å². The van der Waals surface area contributed by atoms with Crippen molar-refractivity contribution >= 4 is 35.2 Å². The van der Waals surface area contributed by atoms with Crippen molar-refractivity contribution in [1.82, 2.24) is 20.1 Å². The van der Waals surface area contributed by atoms with Gasteiger partial charge in [0.1, 0.15) is 18.4 Å². The van der Waals surface area contributed by atoms with Crippen LogP contribution in [0.25, 0.3) is 5.69 Å². The molecule has 168 valence electrons. The number of carbonyl (C=O) groups excluding carboxylic acids is 1. The van der Waals surface area contributed by atoms with Gasteiger partial charge in [0, 0.05) is 21.7 Å². The average Bonchev–Trinajstić information content (AvgIpc) is 3.05. The summed E-state index contributed by atoms with van der Waals surface area (Å²) in [6.07, 6.45) is -0.748. The molecule has 1 aliphatic heterocycles. The van der Waals surface area contributed by atoms with Crippen LogP contribution in [0.5, 0.6) is 0 Å². The number of aromatic nitrogens is 3. The highest BCUT2D eigenvalue weighted by molar-refractivity contribution is 6.35. The average molecular weight is 468 g/mol. The SMILES string of the molecule is Cc1nnc2n1-c1ccc(C(=O)N[C@@H](CC(=O)O)C(=O)O)cc1C(c1ccccc1Cl)=NC2. The van der Waals surface area contributed by atoms with Crippen molar-refractivity contribution in [2.24, 2.45) is 4.99 Å². The molecule has 3 aromatic rings. The largest absolute Gasteiger partial charge is 0.481 e. The molecule has 11 heteroatoms. The summed E-state index contributed by atoms with van der Waals surface area (Å²) in [5.74, 6) is -2.27. The number of carboxylic acids is 2. The molecular formula is C22H18ClN5O5. The number of carbonyl (C=O) groups is 3. The monoisotopic (exact) mass is 467 g/mol. The van der Waals surface area contributed by atoms with E-state index < -0.39 is 30.3 Å². The maximum absolute atomic E-state index is 12.8. The lowest BCUT2D eigenvalue weighted by molar-refractivity contribution is -0.145. The summed E-state index contributed by atoms with van der Waals surface area (Å²) in [6.45, 7) is 2.03. The molecule has 2 heterocycles. The molecule has 1 amide bonds. The highest BCUT2D eigenvalue weighted by Crippen LogP contribution is 2.29. The van der Waals surface area contributed by atoms with Crippen molar-refractivity contribution in [1.29, 1.82) is 0 Å². The third kappa shape index (κ3) is 4.33. The molecule has 10 nitrogen and oxygen atoms in total. The zero-order valence-corrected chi connectivity index (χ0v) is 18.1. The van der Waals surface area contributed by atoms with Gasteiger partial charge >= 0.3 is 11.9 Å². The van der Waals surface area contributed by atoms with Gasteiger partial charge < -0.3 is 15.5 Å². The van der Waals surface area contributed by atoms with E-state index in [9.17, 15) is 19.5 Å². The van der Waals surface area contributed by atoms with E-state index in [0.717, 1.165) is 0 Å². The second kappa shape index (κ2) is 8.83. The third-order valence-electron chi connectivity index (χ3n) is 5.14. The summed E-state index contributed by atoms with van der Waals surface area (Å²) < 4.78 is 1.83. The molecule has 0 bridgehead atoms. The quantitative estimate of drug-likeness (QED) is 0.503. The van der Waals surface area contributed by atoms with Crippen LogP contribution in [-0.4, -0.2) is 54.6 Å². The van der Waals surface area contributed by atoms with E-state index in [2.05, 4.69) is 20.5 Å². The summed E-state index contributed by atoms with van der Waals surface area (Å²) in [7, 11) is 0. The van der Waals surface area contributed by atoms with E-state index in [1.165, 1.54) is 6.07 Å². The van der Waals surface area contributed by atoms with Gasteiger partial charge in [-0.25, -0.2) is 4.79 Å². The Kier molecular flexibility index (Phi) is 5.93. The second-order valence-electron chi connectivity index (χ2n) is 7.34. The number of nitrogens with zero attached hydrogens (tertiary/aromatic N) is 4. The Labute approximate surface area is 192 Å². The number of amides is 1. The van der Waals surface area contributed by atoms with E-state index in [4.69, 9.17) is 16.7 Å². The molecule has 1 aromatic heterocycles. The van der Waals surface area contributed by atoms with E-state index in [1.54, 1.807) is 31.2 Å². The number of nitrogens with one attached hydrogen (secondary N) is 1. The second-order valence-corrected chi connectivity index (χ2v) is 7.74. The number of hydrogen-bond acceptors (Lipinski definition) is 6. The van der Waals surface area contributed by atoms with Gasteiger partial charge in [-0.3, -0.25) is 19.1 Å². The maximum Gasteiger partial charge on any atom is 0.326 e. The first kappa shape index (κ1) is 22.2. The lowest BCUT2D eigenvalue weighted by Crippen LogP contribution is -2.42. The Morgan fingerprint density at radius 2 is 1.88 bits per heavy atom.